The number of likely N-dealkylation sites (tertiary alicyclic amines) is 1. The number of piperazine rings is 1. The molecule has 0 amide bonds. The summed E-state index contributed by atoms with van der Waals surface area (Å²) < 4.78 is 5.96. The maximum Gasteiger partial charge on any atom is 0.270 e. The van der Waals surface area contributed by atoms with Crippen molar-refractivity contribution in [1.82, 2.24) is 15.1 Å². The number of furan rings is 1. The molecule has 4 rings (SSSR count). The van der Waals surface area contributed by atoms with Crippen LogP contribution in [0.2, 0.25) is 0 Å². The van der Waals surface area contributed by atoms with Crippen LogP contribution < -0.4 is 5.32 Å². The van der Waals surface area contributed by atoms with Crippen LogP contribution in [0.1, 0.15) is 12.2 Å². The highest BCUT2D eigenvalue weighted by molar-refractivity contribution is 5.61. The first kappa shape index (κ1) is 17.2. The van der Waals surface area contributed by atoms with E-state index in [9.17, 15) is 10.1 Å². The Morgan fingerprint density at radius 3 is 2.85 bits per heavy atom. The summed E-state index contributed by atoms with van der Waals surface area (Å²) in [6, 6.07) is 11.1. The molecule has 3 heterocycles. The van der Waals surface area contributed by atoms with Gasteiger partial charge < -0.3 is 9.73 Å². The number of nitrogens with one attached hydrogen (secondary N) is 1. The Morgan fingerprint density at radius 1 is 1.19 bits per heavy atom. The average molecular weight is 356 g/mol. The first-order valence-electron chi connectivity index (χ1n) is 9.20. The van der Waals surface area contributed by atoms with E-state index in [1.165, 1.54) is 12.5 Å². The highest BCUT2D eigenvalue weighted by Gasteiger charge is 2.28. The summed E-state index contributed by atoms with van der Waals surface area (Å²) in [6.45, 7) is 7.39. The Kier molecular flexibility index (Phi) is 5.01. The van der Waals surface area contributed by atoms with Gasteiger partial charge in [0.25, 0.3) is 5.69 Å². The third kappa shape index (κ3) is 3.80. The number of non-ortho nitro benzene ring substituents is 1. The van der Waals surface area contributed by atoms with E-state index in [1.807, 2.05) is 18.2 Å². The molecule has 1 aromatic heterocycles. The molecule has 2 aliphatic heterocycles. The van der Waals surface area contributed by atoms with E-state index in [0.29, 0.717) is 11.8 Å². The third-order valence-electron chi connectivity index (χ3n) is 5.30. The summed E-state index contributed by atoms with van der Waals surface area (Å²) in [7, 11) is 0. The highest BCUT2D eigenvalue weighted by atomic mass is 16.6. The lowest BCUT2D eigenvalue weighted by atomic mass is 10.1. The van der Waals surface area contributed by atoms with Gasteiger partial charge in [-0.15, -0.1) is 0 Å². The molecule has 0 saturated carbocycles. The summed E-state index contributed by atoms with van der Waals surface area (Å²) in [4.78, 5) is 15.6. The van der Waals surface area contributed by atoms with Crippen LogP contribution in [0.15, 0.2) is 40.8 Å². The fourth-order valence-corrected chi connectivity index (χ4v) is 3.91. The fraction of sp³-hybridized carbons (Fsp3) is 0.474. The Labute approximate surface area is 152 Å². The minimum Gasteiger partial charge on any atom is -0.460 e. The minimum absolute atomic E-state index is 0.0823. The van der Waals surface area contributed by atoms with Crippen LogP contribution in [-0.2, 0) is 6.54 Å². The number of benzene rings is 1. The first-order chi connectivity index (χ1) is 12.7. The van der Waals surface area contributed by atoms with Crippen LogP contribution in [0.4, 0.5) is 5.69 Å². The summed E-state index contributed by atoms with van der Waals surface area (Å²) >= 11 is 0. The maximum absolute atomic E-state index is 10.9. The Hall–Kier alpha value is -2.22. The van der Waals surface area contributed by atoms with Gasteiger partial charge in [-0.25, -0.2) is 0 Å². The Balaban J connectivity index is 1.38. The second-order valence-electron chi connectivity index (χ2n) is 7.04. The van der Waals surface area contributed by atoms with Crippen molar-refractivity contribution in [3.05, 3.63) is 52.3 Å². The van der Waals surface area contributed by atoms with E-state index < -0.39 is 0 Å². The van der Waals surface area contributed by atoms with Crippen LogP contribution in [-0.4, -0.2) is 60.0 Å². The van der Waals surface area contributed by atoms with Crippen molar-refractivity contribution in [3.63, 3.8) is 0 Å². The lowest BCUT2D eigenvalue weighted by molar-refractivity contribution is -0.384. The van der Waals surface area contributed by atoms with Gasteiger partial charge in [0.15, 0.2) is 0 Å². The van der Waals surface area contributed by atoms with E-state index in [1.54, 1.807) is 12.1 Å². The van der Waals surface area contributed by atoms with Crippen molar-refractivity contribution < 1.29 is 9.34 Å². The van der Waals surface area contributed by atoms with E-state index in [4.69, 9.17) is 4.42 Å². The molecule has 0 aliphatic carbocycles. The van der Waals surface area contributed by atoms with E-state index >= 15 is 0 Å². The van der Waals surface area contributed by atoms with Crippen molar-refractivity contribution in [2.24, 2.45) is 0 Å². The van der Waals surface area contributed by atoms with E-state index in [2.05, 4.69) is 15.1 Å². The second kappa shape index (κ2) is 7.57. The molecule has 0 spiro atoms. The molecule has 1 N–H and O–H groups in total. The Morgan fingerprint density at radius 2 is 2.04 bits per heavy atom. The van der Waals surface area contributed by atoms with Gasteiger partial charge in [0.05, 0.1) is 11.5 Å². The lowest BCUT2D eigenvalue weighted by Gasteiger charge is -2.32. The van der Waals surface area contributed by atoms with Gasteiger partial charge in [0.1, 0.15) is 11.5 Å². The molecule has 7 heteroatoms. The monoisotopic (exact) mass is 356 g/mol. The molecule has 1 unspecified atom stereocenters. The number of rotatable bonds is 5. The zero-order valence-electron chi connectivity index (χ0n) is 14.8. The summed E-state index contributed by atoms with van der Waals surface area (Å²) in [5.41, 5.74) is 0.824. The lowest BCUT2D eigenvalue weighted by Crippen LogP contribution is -2.49. The molecule has 2 aromatic rings. The molecule has 2 fully saturated rings. The molecule has 0 radical (unpaired) electrons. The second-order valence-corrected chi connectivity index (χ2v) is 7.04. The van der Waals surface area contributed by atoms with Gasteiger partial charge in [-0.3, -0.25) is 19.9 Å². The van der Waals surface area contributed by atoms with Crippen LogP contribution in [0, 0.1) is 10.1 Å². The van der Waals surface area contributed by atoms with E-state index in [0.717, 1.165) is 57.1 Å². The number of nitrogens with zero attached hydrogens (tertiary/aromatic N) is 3. The van der Waals surface area contributed by atoms with E-state index in [-0.39, 0.29) is 10.6 Å². The zero-order valence-corrected chi connectivity index (χ0v) is 14.8. The van der Waals surface area contributed by atoms with Gasteiger partial charge in [-0.2, -0.15) is 0 Å². The number of nitro groups is 1. The van der Waals surface area contributed by atoms with Crippen LogP contribution >= 0.6 is 0 Å². The van der Waals surface area contributed by atoms with Gasteiger partial charge in [-0.05, 0) is 18.6 Å². The van der Waals surface area contributed by atoms with Gasteiger partial charge in [0.2, 0.25) is 0 Å². The predicted octanol–water partition coefficient (Wildman–Crippen LogP) is 2.33. The number of hydrogen-bond donors (Lipinski definition) is 1. The molecule has 1 aromatic carbocycles. The first-order valence-corrected chi connectivity index (χ1v) is 9.20. The van der Waals surface area contributed by atoms with Crippen molar-refractivity contribution in [1.29, 1.82) is 0 Å². The van der Waals surface area contributed by atoms with Gasteiger partial charge in [0, 0.05) is 63.0 Å². The molecular formula is C19H24N4O3. The van der Waals surface area contributed by atoms with Crippen LogP contribution in [0.25, 0.3) is 11.3 Å². The smallest absolute Gasteiger partial charge is 0.270 e. The highest BCUT2D eigenvalue weighted by Crippen LogP contribution is 2.27. The molecule has 2 aliphatic rings. The summed E-state index contributed by atoms with van der Waals surface area (Å²) in [6.07, 6.45) is 1.21. The maximum atomic E-state index is 10.9. The van der Waals surface area contributed by atoms with Crippen molar-refractivity contribution >= 4 is 5.69 Å². The number of nitro benzene ring substituents is 1. The molecular weight excluding hydrogens is 332 g/mol. The molecule has 1 atom stereocenters. The molecule has 26 heavy (non-hydrogen) atoms. The van der Waals surface area contributed by atoms with Crippen molar-refractivity contribution in [2.45, 2.75) is 19.0 Å². The van der Waals surface area contributed by atoms with Crippen molar-refractivity contribution in [3.8, 4) is 11.3 Å². The van der Waals surface area contributed by atoms with Crippen LogP contribution in [0.3, 0.4) is 0 Å². The summed E-state index contributed by atoms with van der Waals surface area (Å²) in [5.74, 6) is 1.59. The molecule has 2 saturated heterocycles. The van der Waals surface area contributed by atoms with Crippen molar-refractivity contribution in [2.75, 3.05) is 39.3 Å². The Bertz CT molecular complexity index is 770. The molecule has 0 bridgehead atoms. The average Bonchev–Trinajstić information content (AvgIpc) is 3.33. The molecule has 138 valence electrons. The van der Waals surface area contributed by atoms with Gasteiger partial charge >= 0.3 is 0 Å². The summed E-state index contributed by atoms with van der Waals surface area (Å²) in [5, 5.41) is 14.3. The van der Waals surface area contributed by atoms with Crippen LogP contribution in [0.5, 0.6) is 0 Å². The fourth-order valence-electron chi connectivity index (χ4n) is 3.91. The topological polar surface area (TPSA) is 74.8 Å². The largest absolute Gasteiger partial charge is 0.460 e. The third-order valence-corrected chi connectivity index (χ3v) is 5.30. The zero-order chi connectivity index (χ0) is 17.9. The quantitative estimate of drug-likeness (QED) is 0.655. The SMILES string of the molecule is O=[N+]([O-])c1cccc(-c2ccc(CN3CCC(N4CCNCC4)C3)o2)c1. The minimum atomic E-state index is -0.381. The predicted molar refractivity (Wildman–Crippen MR) is 98.9 cm³/mol. The standard InChI is InChI=1S/C19H24N4O3/c24-23(25)16-3-1-2-15(12-16)19-5-4-18(26-19)14-21-9-6-17(13-21)22-10-7-20-8-11-22/h1-5,12,17,20H,6-11,13-14H2. The normalized spacial score (nSPS) is 21.9. The number of hydrogen-bond acceptors (Lipinski definition) is 6. The van der Waals surface area contributed by atoms with Gasteiger partial charge in [-0.1, -0.05) is 12.1 Å². The molecule has 7 nitrogen and oxygen atoms in total.